The second-order valence-corrected chi connectivity index (χ2v) is 14.3. The largest absolute Gasteiger partial charge is 0.310 e. The summed E-state index contributed by atoms with van der Waals surface area (Å²) >= 11 is 0. The van der Waals surface area contributed by atoms with Gasteiger partial charge in [0.25, 0.3) is 0 Å². The lowest BCUT2D eigenvalue weighted by Crippen LogP contribution is -2.26. The molecule has 2 nitrogen and oxygen atoms in total. The first-order chi connectivity index (χ1) is 25.3. The van der Waals surface area contributed by atoms with E-state index in [9.17, 15) is 0 Å². The maximum Gasteiger partial charge on any atom is 0.0727 e. The molecule has 238 valence electrons. The highest BCUT2D eigenvalue weighted by atomic mass is 15.0. The lowest BCUT2D eigenvalue weighted by Gasteiger charge is -2.31. The molecule has 0 saturated carbocycles. The monoisotopic (exact) mass is 648 g/mol. The number of hydrogen-bond acceptors (Lipinski definition) is 0. The van der Waals surface area contributed by atoms with Crippen molar-refractivity contribution < 1.29 is 0 Å². The van der Waals surface area contributed by atoms with Gasteiger partial charge in [-0.15, -0.1) is 0 Å². The van der Waals surface area contributed by atoms with Gasteiger partial charge in [0.05, 0.1) is 22.0 Å². The standard InChI is InChI=1S/C49H32N2/c1-7-19-41-33(13-1)35-27-25-31(50-45-21-9-3-15-37(45)38-16-4-10-22-46(38)50)29-43(35)49(41)42-20-8-2-14-34(42)36-28-26-32(30-44(36)49)51-47-23-11-5-17-39(47)40-18-6-12-24-48(40)51/h1-5,7-17,19-30H,6,18H2. The number of hydrogen-bond donors (Lipinski definition) is 0. The molecule has 1 unspecified atom stereocenters. The lowest BCUT2D eigenvalue weighted by atomic mass is 9.70. The lowest BCUT2D eigenvalue weighted by molar-refractivity contribution is 0.791. The summed E-state index contributed by atoms with van der Waals surface area (Å²) < 4.78 is 4.97. The molecule has 1 atom stereocenters. The first-order valence-corrected chi connectivity index (χ1v) is 18.1. The molecule has 51 heavy (non-hydrogen) atoms. The van der Waals surface area contributed by atoms with Gasteiger partial charge in [-0.05, 0) is 111 Å². The Morgan fingerprint density at radius 2 is 0.882 bits per heavy atom. The maximum absolute atomic E-state index is 2.52. The van der Waals surface area contributed by atoms with E-state index < -0.39 is 5.41 Å². The van der Waals surface area contributed by atoms with Crippen molar-refractivity contribution >= 4 is 38.8 Å². The van der Waals surface area contributed by atoms with Gasteiger partial charge in [0, 0.05) is 33.2 Å². The third kappa shape index (κ3) is 3.38. The van der Waals surface area contributed by atoms with Crippen molar-refractivity contribution in [1.82, 2.24) is 9.13 Å². The smallest absolute Gasteiger partial charge is 0.0727 e. The van der Waals surface area contributed by atoms with E-state index in [-0.39, 0.29) is 0 Å². The second kappa shape index (κ2) is 9.87. The van der Waals surface area contributed by atoms with Crippen molar-refractivity contribution in [2.45, 2.75) is 18.3 Å². The van der Waals surface area contributed by atoms with Crippen molar-refractivity contribution in [1.29, 1.82) is 0 Å². The maximum atomic E-state index is 2.52. The fourth-order valence-corrected chi connectivity index (χ4v) is 10.1. The van der Waals surface area contributed by atoms with Crippen molar-refractivity contribution in [2.24, 2.45) is 0 Å². The minimum Gasteiger partial charge on any atom is -0.310 e. The number of para-hydroxylation sites is 3. The highest BCUT2D eigenvalue weighted by molar-refractivity contribution is 6.09. The van der Waals surface area contributed by atoms with Crippen molar-refractivity contribution in [3.05, 3.63) is 197 Å². The molecule has 0 N–H and O–H groups in total. The SMILES string of the molecule is C1=Cc2c(c3ccccc3n2-c2ccc3c(c2)C2(c4ccccc4-3)c3ccccc3-c3ccc(-n4c5ccccc5c5ccccc54)cc32)CC1. The van der Waals surface area contributed by atoms with E-state index in [0.29, 0.717) is 0 Å². The zero-order valence-corrected chi connectivity index (χ0v) is 28.0. The van der Waals surface area contributed by atoms with E-state index in [2.05, 4.69) is 179 Å². The summed E-state index contributed by atoms with van der Waals surface area (Å²) in [4.78, 5) is 0. The topological polar surface area (TPSA) is 9.86 Å². The van der Waals surface area contributed by atoms with Gasteiger partial charge in [0.15, 0.2) is 0 Å². The summed E-state index contributed by atoms with van der Waals surface area (Å²) in [6, 6.07) is 59.3. The third-order valence-corrected chi connectivity index (χ3v) is 12.0. The summed E-state index contributed by atoms with van der Waals surface area (Å²) in [6.45, 7) is 0. The number of allylic oxidation sites excluding steroid dienone is 1. The molecular formula is C49H32N2. The number of rotatable bonds is 2. The zero-order valence-electron chi connectivity index (χ0n) is 28.0. The molecule has 2 aromatic heterocycles. The fourth-order valence-electron chi connectivity index (χ4n) is 10.1. The van der Waals surface area contributed by atoms with E-state index in [4.69, 9.17) is 0 Å². The highest BCUT2D eigenvalue weighted by Gasteiger charge is 2.52. The van der Waals surface area contributed by atoms with Gasteiger partial charge < -0.3 is 9.13 Å². The first kappa shape index (κ1) is 27.4. The molecule has 12 rings (SSSR count). The molecule has 2 heterocycles. The molecular weight excluding hydrogens is 617 g/mol. The van der Waals surface area contributed by atoms with Crippen LogP contribution >= 0.6 is 0 Å². The number of nitrogens with zero attached hydrogens (tertiary/aromatic N) is 2. The Morgan fingerprint density at radius 1 is 0.412 bits per heavy atom. The van der Waals surface area contributed by atoms with Crippen molar-refractivity contribution in [3.63, 3.8) is 0 Å². The van der Waals surface area contributed by atoms with Gasteiger partial charge in [0.1, 0.15) is 0 Å². The van der Waals surface area contributed by atoms with Crippen LogP contribution in [0.2, 0.25) is 0 Å². The molecule has 0 saturated heterocycles. The summed E-state index contributed by atoms with van der Waals surface area (Å²) in [7, 11) is 0. The molecule has 0 bridgehead atoms. The Hall–Kier alpha value is -6.38. The van der Waals surface area contributed by atoms with Crippen LogP contribution in [0.25, 0.3) is 72.4 Å². The molecule has 0 amide bonds. The number of aryl methyl sites for hydroxylation is 1. The van der Waals surface area contributed by atoms with E-state index in [1.807, 2.05) is 0 Å². The van der Waals surface area contributed by atoms with Crippen LogP contribution in [0.4, 0.5) is 0 Å². The average molecular weight is 649 g/mol. The van der Waals surface area contributed by atoms with Crippen LogP contribution in [0.5, 0.6) is 0 Å². The first-order valence-electron chi connectivity index (χ1n) is 18.1. The summed E-state index contributed by atoms with van der Waals surface area (Å²) in [5.41, 5.74) is 19.2. The van der Waals surface area contributed by atoms with Gasteiger partial charge >= 0.3 is 0 Å². The second-order valence-electron chi connectivity index (χ2n) is 14.3. The molecule has 2 heteroatoms. The molecule has 9 aromatic rings. The van der Waals surface area contributed by atoms with Crippen LogP contribution < -0.4 is 0 Å². The Labute approximate surface area is 296 Å². The van der Waals surface area contributed by atoms with Gasteiger partial charge in [-0.1, -0.05) is 121 Å². The third-order valence-electron chi connectivity index (χ3n) is 12.0. The molecule has 3 aliphatic carbocycles. The Kier molecular flexibility index (Phi) is 5.31. The average Bonchev–Trinajstić information content (AvgIpc) is 3.90. The number of benzene rings is 7. The van der Waals surface area contributed by atoms with Gasteiger partial charge in [0.2, 0.25) is 0 Å². The predicted octanol–water partition coefficient (Wildman–Crippen LogP) is 12.0. The number of aromatic nitrogens is 2. The zero-order chi connectivity index (χ0) is 33.3. The quantitative estimate of drug-likeness (QED) is 0.177. The Morgan fingerprint density at radius 3 is 1.49 bits per heavy atom. The summed E-state index contributed by atoms with van der Waals surface area (Å²) in [6.07, 6.45) is 6.84. The predicted molar refractivity (Wildman–Crippen MR) is 211 cm³/mol. The molecule has 0 radical (unpaired) electrons. The van der Waals surface area contributed by atoms with E-state index in [1.165, 1.54) is 99.8 Å². The van der Waals surface area contributed by atoms with E-state index in [1.54, 1.807) is 0 Å². The van der Waals surface area contributed by atoms with Gasteiger partial charge in [-0.25, -0.2) is 0 Å². The minimum atomic E-state index is -0.457. The normalized spacial score (nSPS) is 16.5. The van der Waals surface area contributed by atoms with E-state index in [0.717, 1.165) is 12.8 Å². The van der Waals surface area contributed by atoms with Crippen LogP contribution in [0.3, 0.4) is 0 Å². The number of fused-ring (bicyclic) bond motifs is 16. The fraction of sp³-hybridized carbons (Fsp3) is 0.0612. The van der Waals surface area contributed by atoms with Crippen LogP contribution in [0.15, 0.2) is 164 Å². The molecule has 0 fully saturated rings. The van der Waals surface area contributed by atoms with Crippen LogP contribution in [0.1, 0.15) is 39.9 Å². The van der Waals surface area contributed by atoms with Crippen LogP contribution in [-0.4, -0.2) is 9.13 Å². The van der Waals surface area contributed by atoms with Crippen molar-refractivity contribution in [2.75, 3.05) is 0 Å². The van der Waals surface area contributed by atoms with Gasteiger partial charge in [-0.2, -0.15) is 0 Å². The summed E-state index contributed by atoms with van der Waals surface area (Å²) in [5.74, 6) is 0. The van der Waals surface area contributed by atoms with Crippen LogP contribution in [-0.2, 0) is 11.8 Å². The summed E-state index contributed by atoms with van der Waals surface area (Å²) in [5, 5.41) is 3.93. The van der Waals surface area contributed by atoms with Crippen LogP contribution in [0, 0.1) is 0 Å². The molecule has 0 aliphatic heterocycles. The minimum absolute atomic E-state index is 0.457. The highest BCUT2D eigenvalue weighted by Crippen LogP contribution is 2.63. The van der Waals surface area contributed by atoms with Gasteiger partial charge in [-0.3, -0.25) is 0 Å². The van der Waals surface area contributed by atoms with E-state index >= 15 is 0 Å². The Balaban J connectivity index is 1.19. The Bertz CT molecular complexity index is 2920. The molecule has 7 aromatic carbocycles. The van der Waals surface area contributed by atoms with Crippen molar-refractivity contribution in [3.8, 4) is 33.6 Å². The molecule has 1 spiro atoms. The molecule has 3 aliphatic rings.